The van der Waals surface area contributed by atoms with E-state index in [2.05, 4.69) is 10.6 Å². The molecule has 1 aliphatic heterocycles. The number of ether oxygens (including phenoxy) is 2. The van der Waals surface area contributed by atoms with E-state index in [0.717, 1.165) is 19.4 Å². The van der Waals surface area contributed by atoms with Crippen molar-refractivity contribution in [3.05, 3.63) is 0 Å². The van der Waals surface area contributed by atoms with Crippen LogP contribution in [0.2, 0.25) is 0 Å². The third kappa shape index (κ3) is 6.72. The van der Waals surface area contributed by atoms with Crippen molar-refractivity contribution >= 4 is 12.0 Å². The standard InChI is InChI=1S/C13H24N2O5/c1-19-6-3-5-11(12(16)17)15-13(18)14-8-10-4-2-7-20-9-10/h10-11H,2-9H2,1H3,(H,16,17)(H2,14,15,18). The molecule has 0 aliphatic carbocycles. The number of amides is 2. The van der Waals surface area contributed by atoms with Crippen molar-refractivity contribution in [1.29, 1.82) is 0 Å². The molecule has 1 rings (SSSR count). The summed E-state index contributed by atoms with van der Waals surface area (Å²) < 4.78 is 10.2. The second kappa shape index (κ2) is 9.55. The Balaban J connectivity index is 2.24. The minimum atomic E-state index is -1.03. The Morgan fingerprint density at radius 1 is 1.50 bits per heavy atom. The van der Waals surface area contributed by atoms with Crippen molar-refractivity contribution in [2.24, 2.45) is 5.92 Å². The zero-order valence-corrected chi connectivity index (χ0v) is 11.9. The number of nitrogens with one attached hydrogen (secondary N) is 2. The minimum absolute atomic E-state index is 0.311. The maximum atomic E-state index is 11.7. The quantitative estimate of drug-likeness (QED) is 0.568. The molecule has 1 fully saturated rings. The van der Waals surface area contributed by atoms with Gasteiger partial charge in [-0.25, -0.2) is 9.59 Å². The van der Waals surface area contributed by atoms with Crippen LogP contribution in [0.1, 0.15) is 25.7 Å². The van der Waals surface area contributed by atoms with Gasteiger partial charge >= 0.3 is 12.0 Å². The fourth-order valence-corrected chi connectivity index (χ4v) is 2.10. The molecule has 116 valence electrons. The minimum Gasteiger partial charge on any atom is -0.480 e. The van der Waals surface area contributed by atoms with Crippen LogP contribution in [0, 0.1) is 5.92 Å². The Labute approximate surface area is 119 Å². The van der Waals surface area contributed by atoms with Gasteiger partial charge in [0.15, 0.2) is 0 Å². The van der Waals surface area contributed by atoms with Crippen LogP contribution in [-0.2, 0) is 14.3 Å². The van der Waals surface area contributed by atoms with E-state index in [4.69, 9.17) is 14.6 Å². The van der Waals surface area contributed by atoms with Crippen LogP contribution in [0.25, 0.3) is 0 Å². The number of rotatable bonds is 8. The number of methoxy groups -OCH3 is 1. The molecule has 7 heteroatoms. The van der Waals surface area contributed by atoms with Crippen LogP contribution in [0.3, 0.4) is 0 Å². The van der Waals surface area contributed by atoms with E-state index in [0.29, 0.717) is 38.5 Å². The molecule has 0 radical (unpaired) electrons. The van der Waals surface area contributed by atoms with Crippen molar-refractivity contribution in [2.45, 2.75) is 31.7 Å². The first-order valence-electron chi connectivity index (χ1n) is 6.97. The summed E-state index contributed by atoms with van der Waals surface area (Å²) in [6, 6.07) is -1.33. The molecule has 2 unspecified atom stereocenters. The molecule has 1 aliphatic rings. The third-order valence-corrected chi connectivity index (χ3v) is 3.25. The summed E-state index contributed by atoms with van der Waals surface area (Å²) in [6.45, 7) is 2.42. The van der Waals surface area contributed by atoms with E-state index in [9.17, 15) is 9.59 Å². The zero-order valence-electron chi connectivity index (χ0n) is 11.9. The van der Waals surface area contributed by atoms with Gasteiger partial charge in [-0.1, -0.05) is 0 Å². The van der Waals surface area contributed by atoms with Gasteiger partial charge in [0.25, 0.3) is 0 Å². The van der Waals surface area contributed by atoms with E-state index < -0.39 is 18.0 Å². The Morgan fingerprint density at radius 2 is 2.30 bits per heavy atom. The lowest BCUT2D eigenvalue weighted by molar-refractivity contribution is -0.139. The van der Waals surface area contributed by atoms with Gasteiger partial charge in [0.1, 0.15) is 6.04 Å². The average Bonchev–Trinajstić information content (AvgIpc) is 2.45. The zero-order chi connectivity index (χ0) is 14.8. The number of carboxylic acids is 1. The fraction of sp³-hybridized carbons (Fsp3) is 0.846. The number of aliphatic carboxylic acids is 1. The number of carbonyl (C=O) groups excluding carboxylic acids is 1. The van der Waals surface area contributed by atoms with Crippen molar-refractivity contribution in [3.63, 3.8) is 0 Å². The van der Waals surface area contributed by atoms with Crippen LogP contribution in [0.5, 0.6) is 0 Å². The molecule has 2 atom stereocenters. The molecule has 20 heavy (non-hydrogen) atoms. The van der Waals surface area contributed by atoms with E-state index in [1.165, 1.54) is 0 Å². The van der Waals surface area contributed by atoms with Gasteiger partial charge in [0.05, 0.1) is 6.61 Å². The van der Waals surface area contributed by atoms with Crippen LogP contribution >= 0.6 is 0 Å². The highest BCUT2D eigenvalue weighted by molar-refractivity contribution is 5.82. The smallest absolute Gasteiger partial charge is 0.326 e. The Kier molecular flexibility index (Phi) is 7.98. The number of carbonyl (C=O) groups is 2. The van der Waals surface area contributed by atoms with E-state index in [1.54, 1.807) is 7.11 Å². The van der Waals surface area contributed by atoms with Gasteiger partial charge in [-0.15, -0.1) is 0 Å². The van der Waals surface area contributed by atoms with Gasteiger partial charge in [0.2, 0.25) is 0 Å². The van der Waals surface area contributed by atoms with E-state index >= 15 is 0 Å². The number of hydrogen-bond donors (Lipinski definition) is 3. The summed E-state index contributed by atoms with van der Waals surface area (Å²) >= 11 is 0. The molecule has 3 N–H and O–H groups in total. The maximum absolute atomic E-state index is 11.7. The topological polar surface area (TPSA) is 96.9 Å². The first kappa shape index (κ1) is 16.7. The summed E-state index contributed by atoms with van der Waals surface area (Å²) in [6.07, 6.45) is 2.96. The molecule has 0 aromatic rings. The number of carboxylic acid groups (broad SMARTS) is 1. The third-order valence-electron chi connectivity index (χ3n) is 3.25. The molecule has 0 saturated carbocycles. The van der Waals surface area contributed by atoms with Crippen LogP contribution in [0.4, 0.5) is 4.79 Å². The lowest BCUT2D eigenvalue weighted by atomic mass is 10.0. The molecule has 7 nitrogen and oxygen atoms in total. The Morgan fingerprint density at radius 3 is 2.90 bits per heavy atom. The van der Waals surface area contributed by atoms with Crippen LogP contribution in [-0.4, -0.2) is 56.6 Å². The van der Waals surface area contributed by atoms with Crippen molar-refractivity contribution < 1.29 is 24.2 Å². The van der Waals surface area contributed by atoms with Gasteiger partial charge in [-0.2, -0.15) is 0 Å². The summed E-state index contributed by atoms with van der Waals surface area (Å²) in [5.74, 6) is -0.719. The van der Waals surface area contributed by atoms with Crippen LogP contribution < -0.4 is 10.6 Å². The highest BCUT2D eigenvalue weighted by atomic mass is 16.5. The highest BCUT2D eigenvalue weighted by Crippen LogP contribution is 2.11. The first-order chi connectivity index (χ1) is 9.63. The van der Waals surface area contributed by atoms with E-state index in [-0.39, 0.29) is 0 Å². The second-order valence-electron chi connectivity index (χ2n) is 4.96. The Bertz CT molecular complexity index is 305. The average molecular weight is 288 g/mol. The van der Waals surface area contributed by atoms with Gasteiger partial charge < -0.3 is 25.2 Å². The molecule has 0 aromatic carbocycles. The summed E-state index contributed by atoms with van der Waals surface area (Å²) in [5.41, 5.74) is 0. The molecule has 1 heterocycles. The number of urea groups is 1. The van der Waals surface area contributed by atoms with Crippen LogP contribution in [0.15, 0.2) is 0 Å². The molecule has 0 aromatic heterocycles. The molecular weight excluding hydrogens is 264 g/mol. The summed E-state index contributed by atoms with van der Waals surface area (Å²) in [4.78, 5) is 22.7. The monoisotopic (exact) mass is 288 g/mol. The largest absolute Gasteiger partial charge is 0.480 e. The molecule has 2 amide bonds. The molecule has 1 saturated heterocycles. The molecule has 0 spiro atoms. The van der Waals surface area contributed by atoms with Gasteiger partial charge in [-0.3, -0.25) is 0 Å². The SMILES string of the molecule is COCCCC(NC(=O)NCC1CCCOC1)C(=O)O. The summed E-state index contributed by atoms with van der Waals surface area (Å²) in [7, 11) is 1.56. The predicted molar refractivity (Wildman–Crippen MR) is 72.6 cm³/mol. The predicted octanol–water partition coefficient (Wildman–Crippen LogP) is 0.592. The van der Waals surface area contributed by atoms with Gasteiger partial charge in [0, 0.05) is 26.9 Å². The Hall–Kier alpha value is -1.34. The number of hydrogen-bond acceptors (Lipinski definition) is 4. The fourth-order valence-electron chi connectivity index (χ4n) is 2.10. The van der Waals surface area contributed by atoms with E-state index in [1.807, 2.05) is 0 Å². The maximum Gasteiger partial charge on any atom is 0.326 e. The molecule has 0 bridgehead atoms. The van der Waals surface area contributed by atoms with Crippen molar-refractivity contribution in [3.8, 4) is 0 Å². The normalized spacial score (nSPS) is 20.1. The lowest BCUT2D eigenvalue weighted by Crippen LogP contribution is -2.47. The highest BCUT2D eigenvalue weighted by Gasteiger charge is 2.20. The van der Waals surface area contributed by atoms with Crippen molar-refractivity contribution in [1.82, 2.24) is 10.6 Å². The lowest BCUT2D eigenvalue weighted by Gasteiger charge is -2.23. The van der Waals surface area contributed by atoms with Gasteiger partial charge in [-0.05, 0) is 31.6 Å². The molecular formula is C13H24N2O5. The van der Waals surface area contributed by atoms with Crippen molar-refractivity contribution in [2.75, 3.05) is 33.5 Å². The second-order valence-corrected chi connectivity index (χ2v) is 4.96. The summed E-state index contributed by atoms with van der Waals surface area (Å²) in [5, 5.41) is 14.2. The first-order valence-corrected chi connectivity index (χ1v) is 6.97.